The van der Waals surface area contributed by atoms with Gasteiger partial charge in [0.05, 0.1) is 0 Å². The fraction of sp³-hybridized carbons (Fsp3) is 0.348. The zero-order chi connectivity index (χ0) is 21.7. The monoisotopic (exact) mass is 427 g/mol. The maximum atomic E-state index is 13.1. The standard InChI is InChI=1S/C23H26ClN3O3/c1-3-23(18-11-13-19(24)14-12-18)21(29)27(22(30)26-23)15-20(28)25-16(2)9-10-17-7-5-4-6-8-17/h4-8,11-14,16H,3,9-10,15H2,1-2H3,(H,25,28)(H,26,30)/t16-,23+/m1/s1. The lowest BCUT2D eigenvalue weighted by molar-refractivity contribution is -0.135. The number of amides is 4. The number of hydrogen-bond acceptors (Lipinski definition) is 3. The van der Waals surface area contributed by atoms with Crippen molar-refractivity contribution in [2.45, 2.75) is 44.7 Å². The lowest BCUT2D eigenvalue weighted by Gasteiger charge is -2.26. The number of carbonyl (C=O) groups is 3. The SMILES string of the molecule is CC[C@@]1(c2ccc(Cl)cc2)NC(=O)N(CC(=O)N[C@H](C)CCc2ccccc2)C1=O. The number of nitrogens with zero attached hydrogens (tertiary/aromatic N) is 1. The van der Waals surface area contributed by atoms with Crippen LogP contribution in [0.1, 0.15) is 37.8 Å². The summed E-state index contributed by atoms with van der Waals surface area (Å²) in [6.45, 7) is 3.43. The smallest absolute Gasteiger partial charge is 0.325 e. The van der Waals surface area contributed by atoms with E-state index >= 15 is 0 Å². The van der Waals surface area contributed by atoms with Gasteiger partial charge in [-0.3, -0.25) is 14.5 Å². The molecule has 3 rings (SSSR count). The van der Waals surface area contributed by atoms with Gasteiger partial charge >= 0.3 is 6.03 Å². The van der Waals surface area contributed by atoms with Gasteiger partial charge in [0, 0.05) is 11.1 Å². The second-order valence-electron chi connectivity index (χ2n) is 7.58. The quantitative estimate of drug-likeness (QED) is 0.631. The molecule has 2 atom stereocenters. The lowest BCUT2D eigenvalue weighted by atomic mass is 9.87. The fourth-order valence-corrected chi connectivity index (χ4v) is 3.83. The first-order valence-electron chi connectivity index (χ1n) is 10.1. The molecule has 1 saturated heterocycles. The largest absolute Gasteiger partial charge is 0.352 e. The van der Waals surface area contributed by atoms with Gasteiger partial charge in [-0.1, -0.05) is 61.0 Å². The number of urea groups is 1. The molecule has 0 unspecified atom stereocenters. The van der Waals surface area contributed by atoms with Crippen LogP contribution in [0.25, 0.3) is 0 Å². The molecule has 0 spiro atoms. The third-order valence-electron chi connectivity index (χ3n) is 5.46. The van der Waals surface area contributed by atoms with Gasteiger partial charge in [0.1, 0.15) is 12.1 Å². The van der Waals surface area contributed by atoms with Crippen molar-refractivity contribution in [2.75, 3.05) is 6.54 Å². The van der Waals surface area contributed by atoms with Crippen molar-refractivity contribution < 1.29 is 14.4 Å². The molecular formula is C23H26ClN3O3. The van der Waals surface area contributed by atoms with E-state index in [9.17, 15) is 14.4 Å². The van der Waals surface area contributed by atoms with E-state index < -0.39 is 17.5 Å². The van der Waals surface area contributed by atoms with E-state index in [1.807, 2.05) is 44.2 Å². The van der Waals surface area contributed by atoms with Crippen molar-refractivity contribution in [2.24, 2.45) is 0 Å². The zero-order valence-electron chi connectivity index (χ0n) is 17.2. The molecular weight excluding hydrogens is 402 g/mol. The third-order valence-corrected chi connectivity index (χ3v) is 5.71. The Morgan fingerprint density at radius 2 is 1.80 bits per heavy atom. The molecule has 158 valence electrons. The summed E-state index contributed by atoms with van der Waals surface area (Å²) in [4.78, 5) is 39.1. The summed E-state index contributed by atoms with van der Waals surface area (Å²) in [6, 6.07) is 16.2. The van der Waals surface area contributed by atoms with Gasteiger partial charge < -0.3 is 10.6 Å². The van der Waals surface area contributed by atoms with E-state index in [-0.39, 0.29) is 18.5 Å². The second-order valence-corrected chi connectivity index (χ2v) is 8.02. The number of halogens is 1. The molecule has 1 fully saturated rings. The molecule has 30 heavy (non-hydrogen) atoms. The van der Waals surface area contributed by atoms with E-state index in [1.54, 1.807) is 24.3 Å². The highest BCUT2D eigenvalue weighted by Crippen LogP contribution is 2.33. The molecule has 0 radical (unpaired) electrons. The van der Waals surface area contributed by atoms with Crippen LogP contribution >= 0.6 is 11.6 Å². The molecule has 1 aliphatic rings. The van der Waals surface area contributed by atoms with Crippen LogP contribution in [0, 0.1) is 0 Å². The molecule has 0 saturated carbocycles. The number of hydrogen-bond donors (Lipinski definition) is 2. The number of aryl methyl sites for hydroxylation is 1. The number of imide groups is 1. The van der Waals surface area contributed by atoms with Crippen LogP contribution in [0.5, 0.6) is 0 Å². The maximum absolute atomic E-state index is 13.1. The minimum Gasteiger partial charge on any atom is -0.352 e. The summed E-state index contributed by atoms with van der Waals surface area (Å²) in [5, 5.41) is 6.20. The van der Waals surface area contributed by atoms with Crippen LogP contribution in [0.4, 0.5) is 4.79 Å². The van der Waals surface area contributed by atoms with Crippen molar-refractivity contribution >= 4 is 29.4 Å². The number of nitrogens with one attached hydrogen (secondary N) is 2. The second kappa shape index (κ2) is 9.30. The molecule has 4 amide bonds. The average Bonchev–Trinajstić information content (AvgIpc) is 2.98. The van der Waals surface area contributed by atoms with E-state index in [2.05, 4.69) is 10.6 Å². The maximum Gasteiger partial charge on any atom is 0.325 e. The third kappa shape index (κ3) is 4.65. The minimum absolute atomic E-state index is 0.0781. The predicted molar refractivity (Wildman–Crippen MR) is 116 cm³/mol. The zero-order valence-corrected chi connectivity index (χ0v) is 17.9. The van der Waals surface area contributed by atoms with E-state index in [0.717, 1.165) is 17.7 Å². The number of benzene rings is 2. The Balaban J connectivity index is 1.61. The Bertz CT molecular complexity index is 917. The van der Waals surface area contributed by atoms with Crippen LogP contribution in [-0.4, -0.2) is 35.3 Å². The van der Waals surface area contributed by atoms with Crippen molar-refractivity contribution in [3.8, 4) is 0 Å². The highest BCUT2D eigenvalue weighted by atomic mass is 35.5. The number of carbonyl (C=O) groups excluding carboxylic acids is 3. The number of rotatable bonds is 8. The van der Waals surface area contributed by atoms with E-state index in [1.165, 1.54) is 5.56 Å². The first-order valence-corrected chi connectivity index (χ1v) is 10.5. The summed E-state index contributed by atoms with van der Waals surface area (Å²) in [5.41, 5.74) is 0.663. The van der Waals surface area contributed by atoms with Gasteiger partial charge in [-0.2, -0.15) is 0 Å². The summed E-state index contributed by atoms with van der Waals surface area (Å²) in [6.07, 6.45) is 1.96. The van der Waals surface area contributed by atoms with Gasteiger partial charge in [-0.25, -0.2) is 4.79 Å². The topological polar surface area (TPSA) is 78.5 Å². The molecule has 2 aromatic carbocycles. The Kier molecular flexibility index (Phi) is 6.77. The summed E-state index contributed by atoms with van der Waals surface area (Å²) >= 11 is 5.95. The first kappa shape index (κ1) is 21.8. The molecule has 0 aliphatic carbocycles. The van der Waals surface area contributed by atoms with Crippen LogP contribution < -0.4 is 10.6 Å². The van der Waals surface area contributed by atoms with Gasteiger partial charge in [-0.15, -0.1) is 0 Å². The summed E-state index contributed by atoms with van der Waals surface area (Å²) in [7, 11) is 0. The molecule has 0 aromatic heterocycles. The highest BCUT2D eigenvalue weighted by molar-refractivity contribution is 6.30. The summed E-state index contributed by atoms with van der Waals surface area (Å²) < 4.78 is 0. The molecule has 2 aromatic rings. The van der Waals surface area contributed by atoms with Crippen LogP contribution in [0.15, 0.2) is 54.6 Å². The van der Waals surface area contributed by atoms with Gasteiger partial charge in [0.25, 0.3) is 5.91 Å². The Morgan fingerprint density at radius 1 is 1.13 bits per heavy atom. The van der Waals surface area contributed by atoms with Crippen LogP contribution in [0.3, 0.4) is 0 Å². The fourth-order valence-electron chi connectivity index (χ4n) is 3.71. The Hall–Kier alpha value is -2.86. The molecule has 6 nitrogen and oxygen atoms in total. The van der Waals surface area contributed by atoms with E-state index in [0.29, 0.717) is 17.0 Å². The highest BCUT2D eigenvalue weighted by Gasteiger charge is 2.51. The Morgan fingerprint density at radius 3 is 2.43 bits per heavy atom. The molecule has 7 heteroatoms. The lowest BCUT2D eigenvalue weighted by Crippen LogP contribution is -2.46. The molecule has 1 heterocycles. The van der Waals surface area contributed by atoms with Gasteiger partial charge in [0.2, 0.25) is 5.91 Å². The van der Waals surface area contributed by atoms with Crippen LogP contribution in [0.2, 0.25) is 5.02 Å². The summed E-state index contributed by atoms with van der Waals surface area (Å²) in [5.74, 6) is -0.786. The minimum atomic E-state index is -1.18. The molecule has 2 N–H and O–H groups in total. The predicted octanol–water partition coefficient (Wildman–Crippen LogP) is 3.63. The Labute approximate surface area is 181 Å². The van der Waals surface area contributed by atoms with Gasteiger partial charge in [0.15, 0.2) is 0 Å². The van der Waals surface area contributed by atoms with Gasteiger partial charge in [-0.05, 0) is 49.4 Å². The molecule has 1 aliphatic heterocycles. The van der Waals surface area contributed by atoms with Crippen molar-refractivity contribution in [1.82, 2.24) is 15.5 Å². The van der Waals surface area contributed by atoms with Crippen molar-refractivity contribution in [1.29, 1.82) is 0 Å². The average molecular weight is 428 g/mol. The normalized spacial score (nSPS) is 19.5. The van der Waals surface area contributed by atoms with Crippen LogP contribution in [-0.2, 0) is 21.5 Å². The first-order chi connectivity index (χ1) is 14.4. The molecule has 0 bridgehead atoms. The van der Waals surface area contributed by atoms with Crippen molar-refractivity contribution in [3.63, 3.8) is 0 Å². The van der Waals surface area contributed by atoms with Crippen molar-refractivity contribution in [3.05, 3.63) is 70.7 Å². The van der Waals surface area contributed by atoms with E-state index in [4.69, 9.17) is 11.6 Å².